The summed E-state index contributed by atoms with van der Waals surface area (Å²) in [5, 5.41) is 0. The molecule has 0 heterocycles. The summed E-state index contributed by atoms with van der Waals surface area (Å²) in [4.78, 5) is 0. The molecule has 0 saturated heterocycles. The molecule has 0 aliphatic carbocycles. The van der Waals surface area contributed by atoms with Gasteiger partial charge in [0, 0.05) is 22.3 Å². The fourth-order valence-electron chi connectivity index (χ4n) is 7.70. The van der Waals surface area contributed by atoms with E-state index in [1.807, 2.05) is 18.2 Å². The SMILES string of the molecule is CCCCCCOc1ccc(-c2ccc(CCc3ccc(C#Cc4cccc(C#Cc5ccc(CCc6ccc(-c7ccc(OCCCCCC)cc7)cc6)cc5)c4)cc3)cc2)cc1. The van der Waals surface area contributed by atoms with Crippen molar-refractivity contribution in [1.29, 1.82) is 0 Å². The highest BCUT2D eigenvalue weighted by Crippen LogP contribution is 2.25. The summed E-state index contributed by atoms with van der Waals surface area (Å²) in [6.07, 6.45) is 13.7. The van der Waals surface area contributed by atoms with E-state index in [2.05, 4.69) is 189 Å². The average Bonchev–Trinajstić information content (AvgIpc) is 3.35. The van der Waals surface area contributed by atoms with Crippen LogP contribution >= 0.6 is 0 Å². The van der Waals surface area contributed by atoms with Crippen LogP contribution in [0.3, 0.4) is 0 Å². The fraction of sp³-hybridized carbons (Fsp3) is 0.258. The van der Waals surface area contributed by atoms with Crippen LogP contribution in [0.2, 0.25) is 0 Å². The zero-order valence-corrected chi connectivity index (χ0v) is 37.9. The van der Waals surface area contributed by atoms with Crippen molar-refractivity contribution in [2.24, 2.45) is 0 Å². The van der Waals surface area contributed by atoms with E-state index in [9.17, 15) is 0 Å². The van der Waals surface area contributed by atoms with Crippen molar-refractivity contribution in [3.63, 3.8) is 0 Å². The first kappa shape index (κ1) is 45.3. The van der Waals surface area contributed by atoms with E-state index in [1.54, 1.807) is 0 Å². The Balaban J connectivity index is 0.834. The van der Waals surface area contributed by atoms with Crippen LogP contribution in [0.1, 0.15) is 110 Å². The second-order valence-corrected chi connectivity index (χ2v) is 16.7. The molecule has 0 atom stereocenters. The minimum Gasteiger partial charge on any atom is -0.494 e. The van der Waals surface area contributed by atoms with Crippen molar-refractivity contribution in [3.05, 3.63) is 214 Å². The topological polar surface area (TPSA) is 18.5 Å². The normalized spacial score (nSPS) is 10.7. The van der Waals surface area contributed by atoms with E-state index in [-0.39, 0.29) is 0 Å². The Hall–Kier alpha value is -6.74. The predicted molar refractivity (Wildman–Crippen MR) is 269 cm³/mol. The predicted octanol–water partition coefficient (Wildman–Crippen LogP) is 15.3. The van der Waals surface area contributed by atoms with Gasteiger partial charge in [-0.1, -0.05) is 179 Å². The molecule has 0 aromatic heterocycles. The van der Waals surface area contributed by atoms with Crippen molar-refractivity contribution in [1.82, 2.24) is 0 Å². The Morgan fingerprint density at radius 1 is 0.312 bits per heavy atom. The lowest BCUT2D eigenvalue weighted by Gasteiger charge is -2.08. The molecular weight excluding hydrogens is 777 g/mol. The summed E-state index contributed by atoms with van der Waals surface area (Å²) in [7, 11) is 0. The average molecular weight is 839 g/mol. The van der Waals surface area contributed by atoms with Crippen LogP contribution in [0, 0.1) is 23.7 Å². The van der Waals surface area contributed by atoms with Crippen molar-refractivity contribution in [3.8, 4) is 57.4 Å². The molecule has 0 fully saturated rings. The number of rotatable bonds is 20. The van der Waals surface area contributed by atoms with Gasteiger partial charge in [-0.25, -0.2) is 0 Å². The Bertz CT molecular complexity index is 2400. The molecule has 2 nitrogen and oxygen atoms in total. The first-order valence-corrected chi connectivity index (χ1v) is 23.6. The number of hydrogen-bond donors (Lipinski definition) is 0. The number of unbranched alkanes of at least 4 members (excludes halogenated alkanes) is 6. The second kappa shape index (κ2) is 24.8. The van der Waals surface area contributed by atoms with Gasteiger partial charge in [0.15, 0.2) is 0 Å². The summed E-state index contributed by atoms with van der Waals surface area (Å²) < 4.78 is 11.8. The molecule has 322 valence electrons. The lowest BCUT2D eigenvalue weighted by atomic mass is 10.00. The highest BCUT2D eigenvalue weighted by Gasteiger charge is 2.04. The van der Waals surface area contributed by atoms with Crippen molar-refractivity contribution in [2.45, 2.75) is 90.9 Å². The molecule has 0 aliphatic rings. The maximum atomic E-state index is 5.92. The molecule has 0 radical (unpaired) electrons. The summed E-state index contributed by atoms with van der Waals surface area (Å²) in [6, 6.07) is 60.3. The van der Waals surface area contributed by atoms with Crippen LogP contribution in [-0.4, -0.2) is 13.2 Å². The van der Waals surface area contributed by atoms with E-state index in [1.165, 1.54) is 83.0 Å². The minimum absolute atomic E-state index is 0.791. The van der Waals surface area contributed by atoms with E-state index in [4.69, 9.17) is 9.47 Å². The molecule has 0 amide bonds. The van der Waals surface area contributed by atoms with Gasteiger partial charge in [-0.05, 0) is 150 Å². The maximum Gasteiger partial charge on any atom is 0.119 e. The number of benzene rings is 7. The van der Waals surface area contributed by atoms with E-state index >= 15 is 0 Å². The van der Waals surface area contributed by atoms with Gasteiger partial charge in [-0.15, -0.1) is 0 Å². The lowest BCUT2D eigenvalue weighted by molar-refractivity contribution is 0.305. The summed E-state index contributed by atoms with van der Waals surface area (Å²) in [6.45, 7) is 6.05. The van der Waals surface area contributed by atoms with E-state index in [0.29, 0.717) is 0 Å². The molecule has 2 heteroatoms. The van der Waals surface area contributed by atoms with Crippen molar-refractivity contribution in [2.75, 3.05) is 13.2 Å². The first-order chi connectivity index (χ1) is 31.6. The molecule has 0 spiro atoms. The molecule has 7 aromatic rings. The molecule has 0 N–H and O–H groups in total. The molecule has 0 aliphatic heterocycles. The smallest absolute Gasteiger partial charge is 0.119 e. The van der Waals surface area contributed by atoms with Crippen LogP contribution in [0.5, 0.6) is 11.5 Å². The van der Waals surface area contributed by atoms with Gasteiger partial charge >= 0.3 is 0 Å². The fourth-order valence-corrected chi connectivity index (χ4v) is 7.70. The van der Waals surface area contributed by atoms with Crippen LogP contribution in [-0.2, 0) is 25.7 Å². The number of aryl methyl sites for hydroxylation is 4. The highest BCUT2D eigenvalue weighted by atomic mass is 16.5. The minimum atomic E-state index is 0.791. The largest absolute Gasteiger partial charge is 0.494 e. The quantitative estimate of drug-likeness (QED) is 0.0562. The van der Waals surface area contributed by atoms with Gasteiger partial charge in [-0.2, -0.15) is 0 Å². The van der Waals surface area contributed by atoms with Crippen LogP contribution in [0.4, 0.5) is 0 Å². The molecule has 0 unspecified atom stereocenters. The van der Waals surface area contributed by atoms with Crippen molar-refractivity contribution < 1.29 is 9.47 Å². The van der Waals surface area contributed by atoms with Crippen LogP contribution in [0.25, 0.3) is 22.3 Å². The first-order valence-electron chi connectivity index (χ1n) is 23.6. The second-order valence-electron chi connectivity index (χ2n) is 16.7. The zero-order chi connectivity index (χ0) is 44.0. The summed E-state index contributed by atoms with van der Waals surface area (Å²) in [5.74, 6) is 15.3. The zero-order valence-electron chi connectivity index (χ0n) is 37.9. The van der Waals surface area contributed by atoms with Gasteiger partial charge in [0.2, 0.25) is 0 Å². The third-order valence-electron chi connectivity index (χ3n) is 11.7. The van der Waals surface area contributed by atoms with Gasteiger partial charge in [-0.3, -0.25) is 0 Å². The molecular formula is C62H62O2. The maximum absolute atomic E-state index is 5.92. The van der Waals surface area contributed by atoms with Crippen LogP contribution in [0.15, 0.2) is 170 Å². The molecule has 0 saturated carbocycles. The number of hydrogen-bond acceptors (Lipinski definition) is 2. The van der Waals surface area contributed by atoms with Gasteiger partial charge in [0.25, 0.3) is 0 Å². The Morgan fingerprint density at radius 2 is 0.625 bits per heavy atom. The summed E-state index contributed by atoms with van der Waals surface area (Å²) in [5.41, 5.74) is 14.1. The third kappa shape index (κ3) is 14.7. The van der Waals surface area contributed by atoms with Gasteiger partial charge in [0.1, 0.15) is 11.5 Å². The van der Waals surface area contributed by atoms with E-state index in [0.717, 1.165) is 85.5 Å². The Kier molecular flexibility index (Phi) is 17.5. The molecule has 7 aromatic carbocycles. The summed E-state index contributed by atoms with van der Waals surface area (Å²) >= 11 is 0. The Morgan fingerprint density at radius 3 is 0.969 bits per heavy atom. The highest BCUT2D eigenvalue weighted by molar-refractivity contribution is 5.65. The molecule has 64 heavy (non-hydrogen) atoms. The number of ether oxygens (including phenoxy) is 2. The Labute approximate surface area is 383 Å². The lowest BCUT2D eigenvalue weighted by Crippen LogP contribution is -1.97. The van der Waals surface area contributed by atoms with Gasteiger partial charge in [0.05, 0.1) is 13.2 Å². The monoisotopic (exact) mass is 838 g/mol. The van der Waals surface area contributed by atoms with E-state index < -0.39 is 0 Å². The molecule has 7 rings (SSSR count). The van der Waals surface area contributed by atoms with Gasteiger partial charge < -0.3 is 9.47 Å². The standard InChI is InChI=1S/C62H62O2/c1-3-5-7-9-46-63-61-42-38-59(39-43-61)57-34-30-53(31-35-57)24-22-49-14-18-51(19-15-49)26-28-55-12-11-13-56(48-55)29-27-52-20-16-50(17-21-52)23-25-54-32-36-58(37-33-54)60-40-44-62(45-41-60)64-47-10-8-6-4-2/h11-21,30-45,48H,3-10,22-25,46-47H2,1-2H3. The molecule has 0 bridgehead atoms. The third-order valence-corrected chi connectivity index (χ3v) is 11.7. The van der Waals surface area contributed by atoms with Crippen LogP contribution < -0.4 is 9.47 Å². The van der Waals surface area contributed by atoms with Crippen molar-refractivity contribution >= 4 is 0 Å².